The highest BCUT2D eigenvalue weighted by molar-refractivity contribution is 6.06. The highest BCUT2D eigenvalue weighted by atomic mass is 15.1. The molecular formula is C39H26N4. The minimum absolute atomic E-state index is 0.816. The summed E-state index contributed by atoms with van der Waals surface area (Å²) in [5.41, 5.74) is 11.3. The third-order valence-electron chi connectivity index (χ3n) is 7.85. The number of benzene rings is 4. The van der Waals surface area contributed by atoms with Gasteiger partial charge in [-0.3, -0.25) is 9.55 Å². The highest BCUT2D eigenvalue weighted by Crippen LogP contribution is 2.34. The van der Waals surface area contributed by atoms with Gasteiger partial charge in [-0.2, -0.15) is 0 Å². The van der Waals surface area contributed by atoms with Gasteiger partial charge in [-0.25, -0.2) is 9.97 Å². The predicted molar refractivity (Wildman–Crippen MR) is 176 cm³/mol. The van der Waals surface area contributed by atoms with Crippen molar-refractivity contribution in [3.63, 3.8) is 0 Å². The van der Waals surface area contributed by atoms with Crippen molar-refractivity contribution in [2.75, 3.05) is 0 Å². The van der Waals surface area contributed by atoms with Crippen LogP contribution in [0.1, 0.15) is 0 Å². The molecule has 4 heterocycles. The highest BCUT2D eigenvalue weighted by Gasteiger charge is 2.15. The van der Waals surface area contributed by atoms with Crippen LogP contribution in [0.4, 0.5) is 0 Å². The second-order valence-corrected chi connectivity index (χ2v) is 10.5. The van der Waals surface area contributed by atoms with Crippen molar-refractivity contribution in [1.29, 1.82) is 0 Å². The fourth-order valence-electron chi connectivity index (χ4n) is 5.83. The van der Waals surface area contributed by atoms with E-state index in [1.54, 1.807) is 0 Å². The molecule has 0 aliphatic heterocycles. The quantitative estimate of drug-likeness (QED) is 0.214. The predicted octanol–water partition coefficient (Wildman–Crippen LogP) is 9.64. The number of hydrogen-bond acceptors (Lipinski definition) is 3. The normalized spacial score (nSPS) is 11.3. The second kappa shape index (κ2) is 10.5. The zero-order valence-corrected chi connectivity index (χ0v) is 23.3. The van der Waals surface area contributed by atoms with Crippen LogP contribution in [0.3, 0.4) is 0 Å². The maximum absolute atomic E-state index is 5.15. The lowest BCUT2D eigenvalue weighted by Gasteiger charge is -2.12. The minimum atomic E-state index is 0.816. The molecule has 0 amide bonds. The molecule has 0 radical (unpaired) electrons. The summed E-state index contributed by atoms with van der Waals surface area (Å²) in [5.74, 6) is 0.835. The van der Waals surface area contributed by atoms with Crippen LogP contribution in [0.5, 0.6) is 0 Å². The summed E-state index contributed by atoms with van der Waals surface area (Å²) in [5, 5.41) is 1.11. The molecule has 8 aromatic rings. The number of hydrogen-bond donors (Lipinski definition) is 0. The molecule has 0 bridgehead atoms. The first-order valence-electron chi connectivity index (χ1n) is 14.4. The number of aromatic nitrogens is 4. The number of fused-ring (bicyclic) bond motifs is 3. The van der Waals surface area contributed by atoms with E-state index in [9.17, 15) is 0 Å². The van der Waals surface area contributed by atoms with Gasteiger partial charge in [-0.15, -0.1) is 0 Å². The van der Waals surface area contributed by atoms with Gasteiger partial charge in [-0.1, -0.05) is 91.0 Å². The van der Waals surface area contributed by atoms with Gasteiger partial charge in [0, 0.05) is 17.1 Å². The first kappa shape index (κ1) is 24.9. The SMILES string of the molecule is c1ccc(-c2cc(-c3ccccc3)cc(-c3cccc(-c4cccc(-n5c6ccccc6c6ncccc65)n4)n3)c2)cc1. The summed E-state index contributed by atoms with van der Waals surface area (Å²) in [6.07, 6.45) is 1.84. The molecule has 8 rings (SSSR count). The third kappa shape index (κ3) is 4.55. The van der Waals surface area contributed by atoms with Gasteiger partial charge in [0.15, 0.2) is 0 Å². The third-order valence-corrected chi connectivity index (χ3v) is 7.85. The first-order chi connectivity index (χ1) is 21.3. The molecule has 4 heteroatoms. The Bertz CT molecular complexity index is 2120. The average Bonchev–Trinajstić information content (AvgIpc) is 3.43. The van der Waals surface area contributed by atoms with E-state index in [1.807, 2.05) is 48.7 Å². The molecular weight excluding hydrogens is 524 g/mol. The maximum Gasteiger partial charge on any atom is 0.138 e. The van der Waals surface area contributed by atoms with Gasteiger partial charge in [0.2, 0.25) is 0 Å². The first-order valence-corrected chi connectivity index (χ1v) is 14.4. The van der Waals surface area contributed by atoms with Crippen LogP contribution < -0.4 is 0 Å². The lowest BCUT2D eigenvalue weighted by atomic mass is 9.95. The van der Waals surface area contributed by atoms with Crippen LogP contribution in [-0.4, -0.2) is 19.5 Å². The van der Waals surface area contributed by atoms with E-state index in [0.29, 0.717) is 0 Å². The van der Waals surface area contributed by atoms with Gasteiger partial charge >= 0.3 is 0 Å². The van der Waals surface area contributed by atoms with Gasteiger partial charge < -0.3 is 0 Å². The van der Waals surface area contributed by atoms with Crippen LogP contribution >= 0.6 is 0 Å². The van der Waals surface area contributed by atoms with Crippen molar-refractivity contribution in [2.24, 2.45) is 0 Å². The molecule has 4 aromatic carbocycles. The molecule has 4 aromatic heterocycles. The van der Waals surface area contributed by atoms with Crippen molar-refractivity contribution in [3.8, 4) is 50.7 Å². The lowest BCUT2D eigenvalue weighted by molar-refractivity contribution is 1.08. The summed E-state index contributed by atoms with van der Waals surface area (Å²) in [6, 6.07) is 52.4. The Kier molecular flexibility index (Phi) is 6.08. The van der Waals surface area contributed by atoms with E-state index in [1.165, 1.54) is 11.1 Å². The summed E-state index contributed by atoms with van der Waals surface area (Å²) in [4.78, 5) is 14.9. The number of nitrogens with zero attached hydrogens (tertiary/aromatic N) is 4. The monoisotopic (exact) mass is 550 g/mol. The molecule has 0 spiro atoms. The van der Waals surface area contributed by atoms with E-state index >= 15 is 0 Å². The van der Waals surface area contributed by atoms with Crippen molar-refractivity contribution in [3.05, 3.63) is 158 Å². The van der Waals surface area contributed by atoms with Gasteiger partial charge in [0.25, 0.3) is 0 Å². The molecule has 0 aliphatic rings. The van der Waals surface area contributed by atoms with Crippen molar-refractivity contribution >= 4 is 21.9 Å². The van der Waals surface area contributed by atoms with Gasteiger partial charge in [-0.05, 0) is 82.9 Å². The molecule has 0 saturated carbocycles. The van der Waals surface area contributed by atoms with Crippen LogP contribution in [-0.2, 0) is 0 Å². The Labute approximate surface area is 249 Å². The topological polar surface area (TPSA) is 43.6 Å². The smallest absolute Gasteiger partial charge is 0.138 e. The second-order valence-electron chi connectivity index (χ2n) is 10.5. The number of rotatable bonds is 5. The Morgan fingerprint density at radius 2 is 0.977 bits per heavy atom. The molecule has 0 fully saturated rings. The number of pyridine rings is 3. The van der Waals surface area contributed by atoms with E-state index in [0.717, 1.165) is 61.5 Å². The maximum atomic E-state index is 5.15. The van der Waals surface area contributed by atoms with E-state index in [2.05, 4.69) is 119 Å². The summed E-state index contributed by atoms with van der Waals surface area (Å²) >= 11 is 0. The standard InChI is InChI=1S/C39H26N4/c1-3-12-27(13-4-1)29-24-30(28-14-5-2-6-15-28)26-31(25-29)33-17-9-18-34(41-33)35-19-10-22-38(42-35)43-36-20-8-7-16-32(36)39-37(43)21-11-23-40-39/h1-26H. The van der Waals surface area contributed by atoms with Gasteiger partial charge in [0.1, 0.15) is 5.82 Å². The van der Waals surface area contributed by atoms with E-state index < -0.39 is 0 Å². The Morgan fingerprint density at radius 3 is 1.72 bits per heavy atom. The zero-order chi connectivity index (χ0) is 28.6. The van der Waals surface area contributed by atoms with Crippen molar-refractivity contribution in [2.45, 2.75) is 0 Å². The summed E-state index contributed by atoms with van der Waals surface area (Å²) < 4.78 is 2.18. The van der Waals surface area contributed by atoms with Crippen LogP contribution in [0.15, 0.2) is 158 Å². The van der Waals surface area contributed by atoms with E-state index in [-0.39, 0.29) is 0 Å². The molecule has 0 atom stereocenters. The fourth-order valence-corrected chi connectivity index (χ4v) is 5.83. The van der Waals surface area contributed by atoms with Gasteiger partial charge in [0.05, 0.1) is 33.6 Å². The fraction of sp³-hybridized carbons (Fsp3) is 0. The zero-order valence-electron chi connectivity index (χ0n) is 23.3. The summed E-state index contributed by atoms with van der Waals surface area (Å²) in [7, 11) is 0. The number of para-hydroxylation sites is 1. The van der Waals surface area contributed by atoms with Crippen LogP contribution in [0.25, 0.3) is 72.7 Å². The molecule has 0 aliphatic carbocycles. The van der Waals surface area contributed by atoms with Crippen molar-refractivity contribution < 1.29 is 0 Å². The van der Waals surface area contributed by atoms with E-state index in [4.69, 9.17) is 9.97 Å². The molecule has 202 valence electrons. The molecule has 0 N–H and O–H groups in total. The minimum Gasteiger partial charge on any atom is -0.292 e. The Balaban J connectivity index is 1.25. The largest absolute Gasteiger partial charge is 0.292 e. The van der Waals surface area contributed by atoms with Crippen molar-refractivity contribution in [1.82, 2.24) is 19.5 Å². The summed E-state index contributed by atoms with van der Waals surface area (Å²) in [6.45, 7) is 0. The average molecular weight is 551 g/mol. The Morgan fingerprint density at radius 1 is 0.395 bits per heavy atom. The van der Waals surface area contributed by atoms with Crippen LogP contribution in [0, 0.1) is 0 Å². The molecule has 43 heavy (non-hydrogen) atoms. The molecule has 0 saturated heterocycles. The molecule has 0 unspecified atom stereocenters. The molecule has 4 nitrogen and oxygen atoms in total. The van der Waals surface area contributed by atoms with Crippen LogP contribution in [0.2, 0.25) is 0 Å². The lowest BCUT2D eigenvalue weighted by Crippen LogP contribution is -1.99. The Hall–Kier alpha value is -5.87.